The third kappa shape index (κ3) is 3.58. The van der Waals surface area contributed by atoms with Crippen LogP contribution in [0, 0.1) is 0 Å². The summed E-state index contributed by atoms with van der Waals surface area (Å²) < 4.78 is 7.49. The van der Waals surface area contributed by atoms with Crippen molar-refractivity contribution < 1.29 is 9.53 Å². The van der Waals surface area contributed by atoms with Gasteiger partial charge < -0.3 is 9.64 Å². The highest BCUT2D eigenvalue weighted by atomic mass is 35.5. The Balaban J connectivity index is 1.45. The molecule has 0 spiro atoms. The summed E-state index contributed by atoms with van der Waals surface area (Å²) in [5.74, 6) is 0.766. The fraction of sp³-hybridized carbons (Fsp3) is 0.200. The van der Waals surface area contributed by atoms with Gasteiger partial charge >= 0.3 is 0 Å². The van der Waals surface area contributed by atoms with Crippen molar-refractivity contribution in [3.05, 3.63) is 82.6 Å². The summed E-state index contributed by atoms with van der Waals surface area (Å²) in [6.45, 7) is 2.18. The maximum atomic E-state index is 12.8. The van der Waals surface area contributed by atoms with Gasteiger partial charge in [-0.2, -0.15) is 5.10 Å². The molecule has 0 aliphatic carbocycles. The molecular formula is C20H18ClN3O2. The molecule has 3 aromatic rings. The fourth-order valence-electron chi connectivity index (χ4n) is 3.04. The summed E-state index contributed by atoms with van der Waals surface area (Å²) >= 11 is 6.04. The van der Waals surface area contributed by atoms with E-state index in [2.05, 4.69) is 5.10 Å². The second kappa shape index (κ2) is 7.22. The van der Waals surface area contributed by atoms with Crippen LogP contribution in [0.1, 0.15) is 21.7 Å². The molecule has 1 amide bonds. The first kappa shape index (κ1) is 16.7. The number of nitrogens with zero attached hydrogens (tertiary/aromatic N) is 3. The first-order chi connectivity index (χ1) is 12.7. The zero-order valence-electron chi connectivity index (χ0n) is 14.1. The van der Waals surface area contributed by atoms with Crippen molar-refractivity contribution in [1.82, 2.24) is 14.7 Å². The second-order valence-electron chi connectivity index (χ2n) is 6.20. The van der Waals surface area contributed by atoms with Crippen LogP contribution in [0.25, 0.3) is 0 Å². The van der Waals surface area contributed by atoms with E-state index >= 15 is 0 Å². The second-order valence-corrected chi connectivity index (χ2v) is 6.64. The molecule has 6 heteroatoms. The molecule has 0 saturated heterocycles. The minimum absolute atomic E-state index is 0.0188. The van der Waals surface area contributed by atoms with Crippen molar-refractivity contribution in [2.24, 2.45) is 0 Å². The summed E-state index contributed by atoms with van der Waals surface area (Å²) in [5, 5.41) is 5.17. The molecule has 0 N–H and O–H groups in total. The predicted octanol–water partition coefficient (Wildman–Crippen LogP) is 3.77. The van der Waals surface area contributed by atoms with Gasteiger partial charge in [-0.3, -0.25) is 9.48 Å². The molecule has 5 nitrogen and oxygen atoms in total. The normalized spacial score (nSPS) is 13.6. The number of hydrogen-bond acceptors (Lipinski definition) is 3. The number of rotatable bonds is 5. The number of hydrogen-bond donors (Lipinski definition) is 0. The molecule has 0 saturated carbocycles. The van der Waals surface area contributed by atoms with Crippen molar-refractivity contribution >= 4 is 17.5 Å². The number of ether oxygens (including phenoxy) is 1. The third-order valence-corrected chi connectivity index (χ3v) is 4.55. The van der Waals surface area contributed by atoms with E-state index < -0.39 is 0 Å². The molecule has 1 aliphatic rings. The van der Waals surface area contributed by atoms with Crippen LogP contribution in [0.15, 0.2) is 60.7 Å². The van der Waals surface area contributed by atoms with Crippen LogP contribution in [0.5, 0.6) is 5.75 Å². The van der Waals surface area contributed by atoms with E-state index in [-0.39, 0.29) is 5.91 Å². The summed E-state index contributed by atoms with van der Waals surface area (Å²) in [6, 6.07) is 19.0. The highest BCUT2D eigenvalue weighted by Gasteiger charge is 2.26. The van der Waals surface area contributed by atoms with E-state index in [9.17, 15) is 4.79 Å². The van der Waals surface area contributed by atoms with Gasteiger partial charge in [0.05, 0.1) is 6.54 Å². The number of halogens is 1. The Morgan fingerprint density at radius 1 is 1.04 bits per heavy atom. The van der Waals surface area contributed by atoms with Crippen LogP contribution in [0.2, 0.25) is 5.02 Å². The van der Waals surface area contributed by atoms with Gasteiger partial charge in [-0.05, 0) is 35.9 Å². The van der Waals surface area contributed by atoms with E-state index in [1.165, 1.54) is 0 Å². The van der Waals surface area contributed by atoms with E-state index in [1.54, 1.807) is 4.68 Å². The molecular weight excluding hydrogens is 350 g/mol. The Morgan fingerprint density at radius 2 is 1.88 bits per heavy atom. The predicted molar refractivity (Wildman–Crippen MR) is 99.2 cm³/mol. The average Bonchev–Trinajstić information content (AvgIpc) is 3.07. The number of fused-ring (bicyclic) bond motifs is 1. The molecule has 26 heavy (non-hydrogen) atoms. The van der Waals surface area contributed by atoms with Crippen LogP contribution in [-0.4, -0.2) is 27.1 Å². The van der Waals surface area contributed by atoms with E-state index in [0.29, 0.717) is 37.0 Å². The molecule has 132 valence electrons. The Kier molecular flexibility index (Phi) is 4.63. The molecule has 4 rings (SSSR count). The average molecular weight is 368 g/mol. The van der Waals surface area contributed by atoms with Gasteiger partial charge in [0.1, 0.15) is 23.7 Å². The van der Waals surface area contributed by atoms with Gasteiger partial charge in [-0.1, -0.05) is 41.9 Å². The Labute approximate surface area is 156 Å². The van der Waals surface area contributed by atoms with Crippen LogP contribution in [-0.2, 0) is 19.7 Å². The first-order valence-corrected chi connectivity index (χ1v) is 8.85. The van der Waals surface area contributed by atoms with Gasteiger partial charge in [0.25, 0.3) is 5.91 Å². The lowest BCUT2D eigenvalue weighted by Gasteiger charge is -2.27. The SMILES string of the molecule is O=C1c2cc(COc3ccccc3)nn2CCN1Cc1cccc(Cl)c1. The lowest BCUT2D eigenvalue weighted by Crippen LogP contribution is -2.39. The maximum absolute atomic E-state index is 12.8. The smallest absolute Gasteiger partial charge is 0.272 e. The standard InChI is InChI=1S/C20H18ClN3O2/c21-16-6-4-5-15(11-16)13-23-9-10-24-19(20(23)25)12-17(22-24)14-26-18-7-2-1-3-8-18/h1-8,11-12H,9-10,13-14H2. The molecule has 0 fully saturated rings. The number of para-hydroxylation sites is 1. The molecule has 2 heterocycles. The highest BCUT2D eigenvalue weighted by Crippen LogP contribution is 2.19. The van der Waals surface area contributed by atoms with Gasteiger partial charge in [-0.15, -0.1) is 0 Å². The molecule has 0 radical (unpaired) electrons. The van der Waals surface area contributed by atoms with Gasteiger partial charge in [0.2, 0.25) is 0 Å². The van der Waals surface area contributed by atoms with Gasteiger partial charge in [-0.25, -0.2) is 0 Å². The Hall–Kier alpha value is -2.79. The number of aromatic nitrogens is 2. The molecule has 0 atom stereocenters. The minimum Gasteiger partial charge on any atom is -0.487 e. The van der Waals surface area contributed by atoms with E-state index in [4.69, 9.17) is 16.3 Å². The van der Waals surface area contributed by atoms with E-state index in [0.717, 1.165) is 17.0 Å². The summed E-state index contributed by atoms with van der Waals surface area (Å²) in [5.41, 5.74) is 2.37. The molecule has 0 bridgehead atoms. The first-order valence-electron chi connectivity index (χ1n) is 8.47. The highest BCUT2D eigenvalue weighted by molar-refractivity contribution is 6.30. The Morgan fingerprint density at radius 3 is 2.69 bits per heavy atom. The fourth-order valence-corrected chi connectivity index (χ4v) is 3.26. The zero-order valence-corrected chi connectivity index (χ0v) is 14.9. The van der Waals surface area contributed by atoms with Crippen LogP contribution >= 0.6 is 11.6 Å². The quantitative estimate of drug-likeness (QED) is 0.689. The number of benzene rings is 2. The summed E-state index contributed by atoms with van der Waals surface area (Å²) in [4.78, 5) is 14.6. The number of amides is 1. The third-order valence-electron chi connectivity index (χ3n) is 4.31. The van der Waals surface area contributed by atoms with Crippen molar-refractivity contribution in [2.45, 2.75) is 19.7 Å². The summed E-state index contributed by atoms with van der Waals surface area (Å²) in [6.07, 6.45) is 0. The van der Waals surface area contributed by atoms with Crippen molar-refractivity contribution in [1.29, 1.82) is 0 Å². The number of carbonyl (C=O) groups is 1. The lowest BCUT2D eigenvalue weighted by molar-refractivity contribution is 0.0683. The topological polar surface area (TPSA) is 47.4 Å². The molecule has 1 aromatic heterocycles. The van der Waals surface area contributed by atoms with Crippen LogP contribution in [0.3, 0.4) is 0 Å². The van der Waals surface area contributed by atoms with Gasteiger partial charge in [0.15, 0.2) is 0 Å². The monoisotopic (exact) mass is 367 g/mol. The zero-order chi connectivity index (χ0) is 17.9. The molecule has 2 aromatic carbocycles. The molecule has 1 aliphatic heterocycles. The Bertz CT molecular complexity index is 924. The van der Waals surface area contributed by atoms with Gasteiger partial charge in [0, 0.05) is 18.1 Å². The summed E-state index contributed by atoms with van der Waals surface area (Å²) in [7, 11) is 0. The van der Waals surface area contributed by atoms with Crippen molar-refractivity contribution in [3.8, 4) is 5.75 Å². The van der Waals surface area contributed by atoms with Crippen LogP contribution in [0.4, 0.5) is 0 Å². The molecule has 0 unspecified atom stereocenters. The maximum Gasteiger partial charge on any atom is 0.272 e. The lowest BCUT2D eigenvalue weighted by atomic mass is 10.2. The number of carbonyl (C=O) groups excluding carboxylic acids is 1. The largest absolute Gasteiger partial charge is 0.487 e. The van der Waals surface area contributed by atoms with Crippen LogP contribution < -0.4 is 4.74 Å². The van der Waals surface area contributed by atoms with Crippen molar-refractivity contribution in [3.63, 3.8) is 0 Å². The van der Waals surface area contributed by atoms with E-state index in [1.807, 2.05) is 65.6 Å². The van der Waals surface area contributed by atoms with Crippen molar-refractivity contribution in [2.75, 3.05) is 6.54 Å². The minimum atomic E-state index is -0.0188.